The highest BCUT2D eigenvalue weighted by Crippen LogP contribution is 2.24. The monoisotopic (exact) mass is 361 g/mol. The number of rotatable bonds is 5. The van der Waals surface area contributed by atoms with Gasteiger partial charge in [0, 0.05) is 10.9 Å². The number of aromatic nitrogens is 1. The average molecular weight is 361 g/mol. The summed E-state index contributed by atoms with van der Waals surface area (Å²) < 4.78 is 5.37. The van der Waals surface area contributed by atoms with Gasteiger partial charge in [-0.3, -0.25) is 9.78 Å². The lowest BCUT2D eigenvalue weighted by Crippen LogP contribution is -2.18. The van der Waals surface area contributed by atoms with Crippen LogP contribution in [0.25, 0.3) is 10.9 Å². The first-order valence-electron chi connectivity index (χ1n) is 9.08. The van der Waals surface area contributed by atoms with Crippen molar-refractivity contribution in [3.8, 4) is 0 Å². The fraction of sp³-hybridized carbons (Fsp3) is 0.261. The fourth-order valence-corrected chi connectivity index (χ4v) is 3.37. The van der Waals surface area contributed by atoms with Gasteiger partial charge in [-0.1, -0.05) is 48.9 Å². The summed E-state index contributed by atoms with van der Waals surface area (Å²) in [4.78, 5) is 29.8. The van der Waals surface area contributed by atoms with Crippen molar-refractivity contribution in [2.45, 2.75) is 34.1 Å². The molecule has 0 N–H and O–H groups in total. The maximum Gasteiger partial charge on any atom is 0.340 e. The number of benzene rings is 2. The number of ether oxygens (including phenoxy) is 1. The van der Waals surface area contributed by atoms with Crippen LogP contribution in [-0.2, 0) is 11.2 Å². The molecule has 3 aromatic rings. The minimum Gasteiger partial charge on any atom is -0.454 e. The summed E-state index contributed by atoms with van der Waals surface area (Å²) in [5, 5.41) is 0.919. The molecular weight excluding hydrogens is 338 g/mol. The van der Waals surface area contributed by atoms with E-state index in [4.69, 9.17) is 4.74 Å². The van der Waals surface area contributed by atoms with E-state index in [2.05, 4.69) is 4.98 Å². The number of Topliss-reactive ketones (excluding diaryl/α,β-unsaturated/α-hetero) is 1. The van der Waals surface area contributed by atoms with Crippen LogP contribution in [-0.4, -0.2) is 23.3 Å². The van der Waals surface area contributed by atoms with E-state index in [0.717, 1.165) is 27.6 Å². The molecule has 138 valence electrons. The molecule has 0 bridgehead atoms. The topological polar surface area (TPSA) is 56.3 Å². The molecular formula is C23H23NO3. The van der Waals surface area contributed by atoms with Crippen LogP contribution in [0.15, 0.2) is 42.5 Å². The lowest BCUT2D eigenvalue weighted by atomic mass is 10.0. The van der Waals surface area contributed by atoms with Crippen LogP contribution < -0.4 is 0 Å². The Morgan fingerprint density at radius 2 is 1.78 bits per heavy atom. The SMILES string of the molecule is CCc1nc2ccccc2c(C)c1C(=O)OCC(=O)c1ccc(C)cc1C. The third-order valence-corrected chi connectivity index (χ3v) is 4.78. The molecule has 1 aromatic heterocycles. The van der Waals surface area contributed by atoms with Crippen molar-refractivity contribution in [3.63, 3.8) is 0 Å². The number of carbonyl (C=O) groups excluding carboxylic acids is 2. The third kappa shape index (κ3) is 3.75. The van der Waals surface area contributed by atoms with E-state index in [1.54, 1.807) is 6.07 Å². The second-order valence-electron chi connectivity index (χ2n) is 6.75. The van der Waals surface area contributed by atoms with Crippen molar-refractivity contribution < 1.29 is 14.3 Å². The lowest BCUT2D eigenvalue weighted by Gasteiger charge is -2.13. The van der Waals surface area contributed by atoms with Crippen LogP contribution in [0.3, 0.4) is 0 Å². The molecule has 0 saturated heterocycles. The van der Waals surface area contributed by atoms with E-state index in [1.807, 2.05) is 64.1 Å². The number of pyridine rings is 1. The minimum absolute atomic E-state index is 0.203. The fourth-order valence-electron chi connectivity index (χ4n) is 3.37. The van der Waals surface area contributed by atoms with Gasteiger partial charge in [0.25, 0.3) is 0 Å². The van der Waals surface area contributed by atoms with Gasteiger partial charge in [-0.05, 0) is 44.4 Å². The first kappa shape index (κ1) is 18.8. The van der Waals surface area contributed by atoms with E-state index >= 15 is 0 Å². The Balaban J connectivity index is 1.86. The molecule has 0 amide bonds. The zero-order valence-corrected chi connectivity index (χ0v) is 16.1. The van der Waals surface area contributed by atoms with Gasteiger partial charge in [0.05, 0.1) is 16.8 Å². The Bertz CT molecular complexity index is 1040. The minimum atomic E-state index is -0.499. The molecule has 0 aliphatic heterocycles. The largest absolute Gasteiger partial charge is 0.454 e. The van der Waals surface area contributed by atoms with Crippen LogP contribution in [0, 0.1) is 20.8 Å². The van der Waals surface area contributed by atoms with Crippen molar-refractivity contribution in [2.75, 3.05) is 6.61 Å². The van der Waals surface area contributed by atoms with Gasteiger partial charge < -0.3 is 4.74 Å². The summed E-state index contributed by atoms with van der Waals surface area (Å²) >= 11 is 0. The maximum absolute atomic E-state index is 12.7. The summed E-state index contributed by atoms with van der Waals surface area (Å²) in [6, 6.07) is 13.3. The maximum atomic E-state index is 12.7. The third-order valence-electron chi connectivity index (χ3n) is 4.78. The molecule has 4 nitrogen and oxygen atoms in total. The van der Waals surface area contributed by atoms with Crippen molar-refractivity contribution in [3.05, 3.63) is 76.0 Å². The second kappa shape index (κ2) is 7.70. The van der Waals surface area contributed by atoms with E-state index in [1.165, 1.54) is 0 Å². The number of esters is 1. The molecule has 0 unspecified atom stereocenters. The molecule has 1 heterocycles. The van der Waals surface area contributed by atoms with E-state index in [0.29, 0.717) is 23.2 Å². The Kier molecular flexibility index (Phi) is 5.36. The highest BCUT2D eigenvalue weighted by Gasteiger charge is 2.20. The summed E-state index contributed by atoms with van der Waals surface area (Å²) in [6.45, 7) is 7.43. The number of hydrogen-bond donors (Lipinski definition) is 0. The summed E-state index contributed by atoms with van der Waals surface area (Å²) in [5.41, 5.74) is 5.40. The number of nitrogens with zero attached hydrogens (tertiary/aromatic N) is 1. The number of carbonyl (C=O) groups is 2. The van der Waals surface area contributed by atoms with Gasteiger partial charge in [-0.25, -0.2) is 4.79 Å². The quantitative estimate of drug-likeness (QED) is 0.485. The van der Waals surface area contributed by atoms with Crippen LogP contribution in [0.2, 0.25) is 0 Å². The molecule has 0 aliphatic rings. The molecule has 4 heteroatoms. The average Bonchev–Trinajstić information content (AvgIpc) is 2.65. The number of ketones is 1. The van der Waals surface area contributed by atoms with Gasteiger partial charge in [0.1, 0.15) is 0 Å². The molecule has 0 radical (unpaired) electrons. The van der Waals surface area contributed by atoms with Crippen molar-refractivity contribution in [1.82, 2.24) is 4.98 Å². The van der Waals surface area contributed by atoms with Crippen molar-refractivity contribution in [2.24, 2.45) is 0 Å². The standard InChI is InChI=1S/C23H23NO3/c1-5-19-22(16(4)18-8-6-7-9-20(18)24-19)23(26)27-13-21(25)17-11-10-14(2)12-15(17)3/h6-12H,5,13H2,1-4H3. The van der Waals surface area contributed by atoms with Gasteiger partial charge in [-0.2, -0.15) is 0 Å². The highest BCUT2D eigenvalue weighted by atomic mass is 16.5. The molecule has 0 aliphatic carbocycles. The van der Waals surface area contributed by atoms with E-state index < -0.39 is 5.97 Å². The number of aryl methyl sites for hydroxylation is 4. The number of para-hydroxylation sites is 1. The second-order valence-corrected chi connectivity index (χ2v) is 6.75. The molecule has 0 saturated carbocycles. The van der Waals surface area contributed by atoms with Crippen molar-refractivity contribution in [1.29, 1.82) is 0 Å². The zero-order chi connectivity index (χ0) is 19.6. The zero-order valence-electron chi connectivity index (χ0n) is 16.1. The summed E-state index contributed by atoms with van der Waals surface area (Å²) in [5.74, 6) is -0.703. The van der Waals surface area contributed by atoms with Gasteiger partial charge in [0.2, 0.25) is 5.78 Å². The molecule has 0 spiro atoms. The first-order chi connectivity index (χ1) is 12.9. The van der Waals surface area contributed by atoms with Crippen LogP contribution in [0.4, 0.5) is 0 Å². The Morgan fingerprint density at radius 3 is 2.48 bits per heavy atom. The van der Waals surface area contributed by atoms with Crippen LogP contribution >= 0.6 is 0 Å². The van der Waals surface area contributed by atoms with Gasteiger partial charge in [-0.15, -0.1) is 0 Å². The Hall–Kier alpha value is -3.01. The van der Waals surface area contributed by atoms with Gasteiger partial charge >= 0.3 is 5.97 Å². The highest BCUT2D eigenvalue weighted by molar-refractivity contribution is 6.02. The predicted molar refractivity (Wildman–Crippen MR) is 106 cm³/mol. The smallest absolute Gasteiger partial charge is 0.340 e. The Morgan fingerprint density at radius 1 is 1.04 bits per heavy atom. The molecule has 0 atom stereocenters. The molecule has 27 heavy (non-hydrogen) atoms. The van der Waals surface area contributed by atoms with E-state index in [-0.39, 0.29) is 12.4 Å². The summed E-state index contributed by atoms with van der Waals surface area (Å²) in [6.07, 6.45) is 0.612. The number of hydrogen-bond acceptors (Lipinski definition) is 4. The van der Waals surface area contributed by atoms with E-state index in [9.17, 15) is 9.59 Å². The molecule has 3 rings (SSSR count). The Labute approximate surface area is 159 Å². The van der Waals surface area contributed by atoms with Crippen LogP contribution in [0.5, 0.6) is 0 Å². The lowest BCUT2D eigenvalue weighted by molar-refractivity contribution is 0.0472. The van der Waals surface area contributed by atoms with Crippen molar-refractivity contribution >= 4 is 22.7 Å². The molecule has 2 aromatic carbocycles. The molecule has 0 fully saturated rings. The first-order valence-corrected chi connectivity index (χ1v) is 9.08. The van der Waals surface area contributed by atoms with Gasteiger partial charge in [0.15, 0.2) is 6.61 Å². The predicted octanol–water partition coefficient (Wildman–Crippen LogP) is 4.76. The number of fused-ring (bicyclic) bond motifs is 1. The normalized spacial score (nSPS) is 10.8. The van der Waals surface area contributed by atoms with Crippen LogP contribution in [0.1, 0.15) is 50.0 Å². The summed E-state index contributed by atoms with van der Waals surface area (Å²) in [7, 11) is 0.